The van der Waals surface area contributed by atoms with E-state index in [0.717, 1.165) is 17.1 Å². The van der Waals surface area contributed by atoms with E-state index in [1.165, 1.54) is 17.3 Å². The number of thioether (sulfide) groups is 1. The van der Waals surface area contributed by atoms with Crippen molar-refractivity contribution in [1.82, 2.24) is 20.4 Å². The smallest absolute Gasteiger partial charge is 0.277 e. The Bertz CT molecular complexity index is 1090. The molecule has 0 N–H and O–H groups in total. The molecule has 4 rings (SSSR count). The summed E-state index contributed by atoms with van der Waals surface area (Å²) < 4.78 is 22.3. The molecule has 0 amide bonds. The Kier molecular flexibility index (Phi) is 5.99. The van der Waals surface area contributed by atoms with Crippen LogP contribution in [0.1, 0.15) is 29.5 Å². The van der Waals surface area contributed by atoms with Crippen molar-refractivity contribution in [3.8, 4) is 23.0 Å². The van der Waals surface area contributed by atoms with Crippen LogP contribution in [0.25, 0.3) is 11.5 Å². The predicted molar refractivity (Wildman–Crippen MR) is 110 cm³/mol. The van der Waals surface area contributed by atoms with Gasteiger partial charge >= 0.3 is 0 Å². The molecule has 0 aliphatic heterocycles. The lowest BCUT2D eigenvalue weighted by atomic mass is 10.2. The number of nitrogens with zero attached hydrogens (tertiary/aromatic N) is 4. The summed E-state index contributed by atoms with van der Waals surface area (Å²) in [5.41, 5.74) is 1.99. The molecule has 30 heavy (non-hydrogen) atoms. The molecule has 0 unspecified atom stereocenters. The molecule has 2 aromatic carbocycles. The lowest BCUT2D eigenvalue weighted by molar-refractivity contribution is 0.252. The van der Waals surface area contributed by atoms with Crippen molar-refractivity contribution >= 4 is 11.8 Å². The van der Waals surface area contributed by atoms with Crippen molar-refractivity contribution in [1.29, 1.82) is 0 Å². The molecule has 0 radical (unpaired) electrons. The molecule has 0 saturated carbocycles. The van der Waals surface area contributed by atoms with Crippen LogP contribution in [-0.4, -0.2) is 27.5 Å². The summed E-state index contributed by atoms with van der Waals surface area (Å²) in [5.74, 6) is 2.83. The summed E-state index contributed by atoms with van der Waals surface area (Å²) in [6.45, 7) is 4.16. The fourth-order valence-corrected chi connectivity index (χ4v) is 3.31. The first-order valence-electron chi connectivity index (χ1n) is 9.27. The van der Waals surface area contributed by atoms with Crippen LogP contribution in [0.5, 0.6) is 11.5 Å². The highest BCUT2D eigenvalue weighted by Gasteiger charge is 2.19. The third-order valence-electron chi connectivity index (χ3n) is 4.23. The highest BCUT2D eigenvalue weighted by Crippen LogP contribution is 2.34. The van der Waals surface area contributed by atoms with Gasteiger partial charge in [-0.15, -0.1) is 20.4 Å². The van der Waals surface area contributed by atoms with Crippen molar-refractivity contribution in [3.63, 3.8) is 0 Å². The first-order chi connectivity index (χ1) is 14.6. The topological polar surface area (TPSA) is 96.3 Å². The van der Waals surface area contributed by atoms with Gasteiger partial charge in [-0.05, 0) is 50.2 Å². The van der Waals surface area contributed by atoms with Crippen molar-refractivity contribution in [2.24, 2.45) is 0 Å². The van der Waals surface area contributed by atoms with Gasteiger partial charge in [-0.2, -0.15) is 0 Å². The molecule has 154 valence electrons. The van der Waals surface area contributed by atoms with Gasteiger partial charge in [-0.1, -0.05) is 29.5 Å². The second kappa shape index (κ2) is 9.00. The van der Waals surface area contributed by atoms with E-state index in [0.29, 0.717) is 22.9 Å². The van der Waals surface area contributed by atoms with E-state index >= 15 is 0 Å². The van der Waals surface area contributed by atoms with Gasteiger partial charge in [-0.25, -0.2) is 0 Å². The van der Waals surface area contributed by atoms with Crippen LogP contribution in [0, 0.1) is 6.92 Å². The van der Waals surface area contributed by atoms with Gasteiger partial charge in [-0.3, -0.25) is 0 Å². The molecule has 1 atom stereocenters. The van der Waals surface area contributed by atoms with Crippen molar-refractivity contribution in [2.45, 2.75) is 30.9 Å². The number of ether oxygens (including phenoxy) is 2. The van der Waals surface area contributed by atoms with Gasteiger partial charge in [0.2, 0.25) is 11.8 Å². The third kappa shape index (κ3) is 4.80. The summed E-state index contributed by atoms with van der Waals surface area (Å²) >= 11 is 1.34. The van der Waals surface area contributed by atoms with Crippen LogP contribution >= 0.6 is 11.8 Å². The number of hydrogen-bond acceptors (Lipinski definition) is 9. The Morgan fingerprint density at radius 1 is 0.900 bits per heavy atom. The molecular weight excluding hydrogens is 404 g/mol. The quantitative estimate of drug-likeness (QED) is 0.367. The fourth-order valence-electron chi connectivity index (χ4n) is 2.57. The van der Waals surface area contributed by atoms with Crippen LogP contribution < -0.4 is 9.47 Å². The van der Waals surface area contributed by atoms with E-state index in [1.807, 2.05) is 62.4 Å². The third-order valence-corrected chi connectivity index (χ3v) is 5.16. The van der Waals surface area contributed by atoms with E-state index in [4.69, 9.17) is 18.3 Å². The molecule has 0 saturated heterocycles. The molecule has 9 heteroatoms. The van der Waals surface area contributed by atoms with Crippen LogP contribution in [0.2, 0.25) is 0 Å². The molecule has 0 bridgehead atoms. The van der Waals surface area contributed by atoms with E-state index < -0.39 is 0 Å². The largest absolute Gasteiger partial charge is 0.497 e. The zero-order chi connectivity index (χ0) is 20.9. The summed E-state index contributed by atoms with van der Waals surface area (Å²) in [4.78, 5) is 0. The maximum atomic E-state index is 5.80. The minimum absolute atomic E-state index is 0.157. The number of hydrogen-bond donors (Lipinski definition) is 0. The van der Waals surface area contributed by atoms with Crippen LogP contribution in [-0.2, 0) is 6.61 Å². The minimum atomic E-state index is -0.157. The Balaban J connectivity index is 1.35. The SMILES string of the molecule is COc1ccc(-c2nnc([C@H](C)Sc3nnc(COc4ccc(C)cc4)o3)o2)cc1. The van der Waals surface area contributed by atoms with Gasteiger partial charge in [0.25, 0.3) is 11.1 Å². The number of rotatable bonds is 8. The summed E-state index contributed by atoms with van der Waals surface area (Å²) in [7, 11) is 1.62. The highest BCUT2D eigenvalue weighted by molar-refractivity contribution is 7.99. The maximum absolute atomic E-state index is 5.80. The normalized spacial score (nSPS) is 12.0. The van der Waals surface area contributed by atoms with E-state index in [-0.39, 0.29) is 11.9 Å². The molecule has 0 aliphatic rings. The number of benzene rings is 2. The Labute approximate surface area is 177 Å². The predicted octanol–water partition coefficient (Wildman–Crippen LogP) is 4.87. The highest BCUT2D eigenvalue weighted by atomic mass is 32.2. The summed E-state index contributed by atoms with van der Waals surface area (Å²) in [5, 5.41) is 16.6. The van der Waals surface area contributed by atoms with E-state index in [9.17, 15) is 0 Å². The molecule has 2 aromatic heterocycles. The summed E-state index contributed by atoms with van der Waals surface area (Å²) in [6, 6.07) is 15.2. The molecule has 0 aliphatic carbocycles. The number of methoxy groups -OCH3 is 1. The van der Waals surface area contributed by atoms with Crippen molar-refractivity contribution < 1.29 is 18.3 Å². The van der Waals surface area contributed by atoms with E-state index in [2.05, 4.69) is 20.4 Å². The van der Waals surface area contributed by atoms with E-state index in [1.54, 1.807) is 7.11 Å². The second-order valence-electron chi connectivity index (χ2n) is 6.50. The number of aryl methyl sites for hydroxylation is 1. The molecule has 4 aromatic rings. The van der Waals surface area contributed by atoms with Gasteiger partial charge < -0.3 is 18.3 Å². The Morgan fingerprint density at radius 3 is 2.37 bits per heavy atom. The van der Waals surface area contributed by atoms with Gasteiger partial charge in [0.05, 0.1) is 12.4 Å². The minimum Gasteiger partial charge on any atom is -0.497 e. The van der Waals surface area contributed by atoms with Gasteiger partial charge in [0.15, 0.2) is 6.61 Å². The first-order valence-corrected chi connectivity index (χ1v) is 10.1. The average molecular weight is 424 g/mol. The first kappa shape index (κ1) is 20.0. The molecule has 8 nitrogen and oxygen atoms in total. The maximum Gasteiger partial charge on any atom is 0.277 e. The second-order valence-corrected chi connectivity index (χ2v) is 7.79. The van der Waals surface area contributed by atoms with Crippen LogP contribution in [0.4, 0.5) is 0 Å². The lowest BCUT2D eigenvalue weighted by Crippen LogP contribution is -1.95. The Hall–Kier alpha value is -3.33. The van der Waals surface area contributed by atoms with Crippen LogP contribution in [0.15, 0.2) is 62.6 Å². The molecular formula is C21H20N4O4S. The summed E-state index contributed by atoms with van der Waals surface area (Å²) in [6.07, 6.45) is 0. The van der Waals surface area contributed by atoms with Gasteiger partial charge in [0, 0.05) is 5.56 Å². The fraction of sp³-hybridized carbons (Fsp3) is 0.238. The molecule has 0 fully saturated rings. The van der Waals surface area contributed by atoms with Gasteiger partial charge in [0.1, 0.15) is 11.5 Å². The van der Waals surface area contributed by atoms with Crippen LogP contribution in [0.3, 0.4) is 0 Å². The monoisotopic (exact) mass is 424 g/mol. The number of aromatic nitrogens is 4. The Morgan fingerprint density at radius 2 is 1.63 bits per heavy atom. The van der Waals surface area contributed by atoms with Crippen molar-refractivity contribution in [3.05, 3.63) is 65.9 Å². The molecule has 0 spiro atoms. The molecule has 2 heterocycles. The standard InChI is InChI=1S/C21H20N4O4S/c1-13-4-8-17(9-5-13)27-12-18-22-25-21(28-18)30-14(2)19-23-24-20(29-19)15-6-10-16(26-3)11-7-15/h4-11,14H,12H2,1-3H3/t14-/m0/s1. The zero-order valence-electron chi connectivity index (χ0n) is 16.7. The lowest BCUT2D eigenvalue weighted by Gasteiger charge is -2.03. The zero-order valence-corrected chi connectivity index (χ0v) is 17.5. The van der Waals surface area contributed by atoms with Crippen molar-refractivity contribution in [2.75, 3.05) is 7.11 Å². The average Bonchev–Trinajstić information content (AvgIpc) is 3.43.